The molecule has 1 atom stereocenters. The zero-order chi connectivity index (χ0) is 15.9. The Balaban J connectivity index is 2.13. The largest absolute Gasteiger partial charge is 0.466 e. The van der Waals surface area contributed by atoms with Gasteiger partial charge in [-0.05, 0) is 56.3 Å². The van der Waals surface area contributed by atoms with Crippen LogP contribution in [0.5, 0.6) is 0 Å². The topological polar surface area (TPSA) is 55.4 Å². The Morgan fingerprint density at radius 2 is 1.91 bits per heavy atom. The monoisotopic (exact) mass is 303 g/mol. The molecule has 120 valence electrons. The van der Waals surface area contributed by atoms with E-state index in [0.29, 0.717) is 18.7 Å². The molecule has 0 aromatic heterocycles. The number of esters is 1. The summed E-state index contributed by atoms with van der Waals surface area (Å²) in [5.41, 5.74) is 3.33. The molecule has 22 heavy (non-hydrogen) atoms. The number of carbonyl (C=O) groups is 2. The normalized spacial score (nSPS) is 15.0. The van der Waals surface area contributed by atoms with E-state index < -0.39 is 6.04 Å². The molecule has 1 aliphatic carbocycles. The van der Waals surface area contributed by atoms with Gasteiger partial charge in [-0.2, -0.15) is 0 Å². The molecular weight excluding hydrogens is 278 g/mol. The van der Waals surface area contributed by atoms with Crippen molar-refractivity contribution in [2.45, 2.75) is 52.0 Å². The van der Waals surface area contributed by atoms with Crippen LogP contribution in [-0.4, -0.2) is 30.9 Å². The second-order valence-corrected chi connectivity index (χ2v) is 5.67. The summed E-state index contributed by atoms with van der Waals surface area (Å²) in [6.07, 6.45) is 4.63. The van der Waals surface area contributed by atoms with Gasteiger partial charge in [0.05, 0.1) is 19.1 Å². The van der Waals surface area contributed by atoms with Crippen molar-refractivity contribution in [2.75, 3.05) is 13.2 Å². The highest BCUT2D eigenvalue weighted by Crippen LogP contribution is 2.23. The first-order valence-electron chi connectivity index (χ1n) is 8.20. The average molecular weight is 303 g/mol. The van der Waals surface area contributed by atoms with Crippen LogP contribution in [0.2, 0.25) is 0 Å². The van der Waals surface area contributed by atoms with Gasteiger partial charge in [0.25, 0.3) is 0 Å². The summed E-state index contributed by atoms with van der Waals surface area (Å²) in [5, 5.41) is 3.10. The summed E-state index contributed by atoms with van der Waals surface area (Å²) < 4.78 is 4.96. The molecule has 0 radical (unpaired) electrons. The number of carbonyl (C=O) groups excluding carboxylic acids is 2. The van der Waals surface area contributed by atoms with E-state index in [9.17, 15) is 9.59 Å². The Morgan fingerprint density at radius 3 is 2.59 bits per heavy atom. The number of benzene rings is 1. The van der Waals surface area contributed by atoms with Crippen LogP contribution in [0.3, 0.4) is 0 Å². The predicted octanol–water partition coefficient (Wildman–Crippen LogP) is 2.68. The molecule has 1 aliphatic rings. The van der Waals surface area contributed by atoms with Gasteiger partial charge in [0.15, 0.2) is 5.78 Å². The van der Waals surface area contributed by atoms with Crippen LogP contribution >= 0.6 is 0 Å². The molecule has 0 fully saturated rings. The first-order chi connectivity index (χ1) is 10.7. The Labute approximate surface area is 132 Å². The van der Waals surface area contributed by atoms with Crippen LogP contribution in [-0.2, 0) is 22.4 Å². The molecule has 0 aliphatic heterocycles. The quantitative estimate of drug-likeness (QED) is 0.621. The van der Waals surface area contributed by atoms with Crippen molar-refractivity contribution in [3.63, 3.8) is 0 Å². The third-order valence-corrected chi connectivity index (χ3v) is 4.08. The van der Waals surface area contributed by atoms with Gasteiger partial charge in [-0.1, -0.05) is 19.1 Å². The van der Waals surface area contributed by atoms with E-state index in [-0.39, 0.29) is 18.2 Å². The zero-order valence-electron chi connectivity index (χ0n) is 13.5. The number of likely N-dealkylation sites (N-methyl/N-ethyl adjacent to an activating group) is 1. The molecule has 1 unspecified atom stereocenters. The summed E-state index contributed by atoms with van der Waals surface area (Å²) >= 11 is 0. The molecule has 0 bridgehead atoms. The molecule has 1 aromatic carbocycles. The Hall–Kier alpha value is -1.68. The van der Waals surface area contributed by atoms with Crippen LogP contribution in [0, 0.1) is 0 Å². The second kappa shape index (κ2) is 8.08. The molecule has 0 spiro atoms. The van der Waals surface area contributed by atoms with E-state index >= 15 is 0 Å². The van der Waals surface area contributed by atoms with Gasteiger partial charge in [-0.3, -0.25) is 9.59 Å². The number of nitrogens with one attached hydrogen (secondary N) is 1. The van der Waals surface area contributed by atoms with Crippen molar-refractivity contribution in [3.05, 3.63) is 34.9 Å². The highest BCUT2D eigenvalue weighted by molar-refractivity contribution is 6.02. The Kier molecular flexibility index (Phi) is 6.13. The maximum Gasteiger partial charge on any atom is 0.307 e. The Bertz CT molecular complexity index is 539. The zero-order valence-corrected chi connectivity index (χ0v) is 13.5. The van der Waals surface area contributed by atoms with Gasteiger partial charge in [-0.25, -0.2) is 0 Å². The molecule has 2 rings (SSSR count). The van der Waals surface area contributed by atoms with E-state index in [2.05, 4.69) is 11.4 Å². The van der Waals surface area contributed by atoms with Gasteiger partial charge < -0.3 is 10.1 Å². The van der Waals surface area contributed by atoms with Gasteiger partial charge in [0.2, 0.25) is 0 Å². The standard InChI is InChI=1S/C18H25NO3/c1-3-19-16(12-17(20)22-4-2)18(21)15-10-9-13-7-5-6-8-14(13)11-15/h9-11,16,19H,3-8,12H2,1-2H3. The molecular formula is C18H25NO3. The first kappa shape index (κ1) is 16.7. The van der Waals surface area contributed by atoms with E-state index in [4.69, 9.17) is 4.74 Å². The van der Waals surface area contributed by atoms with Crippen LogP contribution in [0.1, 0.15) is 54.6 Å². The van der Waals surface area contributed by atoms with Crippen molar-refractivity contribution in [2.24, 2.45) is 0 Å². The summed E-state index contributed by atoms with van der Waals surface area (Å²) in [7, 11) is 0. The average Bonchev–Trinajstić information content (AvgIpc) is 2.53. The van der Waals surface area contributed by atoms with E-state index in [1.807, 2.05) is 19.1 Å². The molecule has 0 saturated carbocycles. The third kappa shape index (κ3) is 4.17. The number of Topliss-reactive ketones (excluding diaryl/α,β-unsaturated/α-hetero) is 1. The smallest absolute Gasteiger partial charge is 0.307 e. The number of aryl methyl sites for hydroxylation is 2. The summed E-state index contributed by atoms with van der Waals surface area (Å²) in [6.45, 7) is 4.68. The summed E-state index contributed by atoms with van der Waals surface area (Å²) in [5.74, 6) is -0.358. The minimum Gasteiger partial charge on any atom is -0.466 e. The van der Waals surface area contributed by atoms with Crippen molar-refractivity contribution in [1.29, 1.82) is 0 Å². The number of rotatable bonds is 7. The minimum atomic E-state index is -0.509. The molecule has 0 saturated heterocycles. The lowest BCUT2D eigenvalue weighted by Crippen LogP contribution is -2.39. The number of fused-ring (bicyclic) bond motifs is 1. The summed E-state index contributed by atoms with van der Waals surface area (Å²) in [6, 6.07) is 5.45. The van der Waals surface area contributed by atoms with Gasteiger partial charge >= 0.3 is 5.97 Å². The Morgan fingerprint density at radius 1 is 1.18 bits per heavy atom. The lowest BCUT2D eigenvalue weighted by Gasteiger charge is -2.19. The van der Waals surface area contributed by atoms with Gasteiger partial charge in [0, 0.05) is 5.56 Å². The number of ether oxygens (including phenoxy) is 1. The van der Waals surface area contributed by atoms with Crippen molar-refractivity contribution < 1.29 is 14.3 Å². The van der Waals surface area contributed by atoms with Crippen molar-refractivity contribution in [3.8, 4) is 0 Å². The lowest BCUT2D eigenvalue weighted by atomic mass is 9.88. The van der Waals surface area contributed by atoms with Crippen LogP contribution in [0.25, 0.3) is 0 Å². The highest BCUT2D eigenvalue weighted by Gasteiger charge is 2.24. The lowest BCUT2D eigenvalue weighted by molar-refractivity contribution is -0.143. The highest BCUT2D eigenvalue weighted by atomic mass is 16.5. The maximum absolute atomic E-state index is 12.7. The fourth-order valence-electron chi connectivity index (χ4n) is 2.98. The number of hydrogen-bond acceptors (Lipinski definition) is 4. The SMILES string of the molecule is CCNC(CC(=O)OCC)C(=O)c1ccc2c(c1)CCCC2. The number of hydrogen-bond donors (Lipinski definition) is 1. The van der Waals surface area contributed by atoms with Crippen molar-refractivity contribution >= 4 is 11.8 Å². The van der Waals surface area contributed by atoms with Gasteiger partial charge in [-0.15, -0.1) is 0 Å². The first-order valence-corrected chi connectivity index (χ1v) is 8.20. The summed E-state index contributed by atoms with van der Waals surface area (Å²) in [4.78, 5) is 24.4. The minimum absolute atomic E-state index is 0.0247. The van der Waals surface area contributed by atoms with Crippen molar-refractivity contribution in [1.82, 2.24) is 5.32 Å². The van der Waals surface area contributed by atoms with E-state index in [0.717, 1.165) is 12.8 Å². The molecule has 0 amide bonds. The predicted molar refractivity (Wildman–Crippen MR) is 86.1 cm³/mol. The van der Waals surface area contributed by atoms with Crippen LogP contribution in [0.15, 0.2) is 18.2 Å². The van der Waals surface area contributed by atoms with E-state index in [1.165, 1.54) is 24.0 Å². The van der Waals surface area contributed by atoms with Crippen LogP contribution < -0.4 is 5.32 Å². The fourth-order valence-corrected chi connectivity index (χ4v) is 2.98. The fraction of sp³-hybridized carbons (Fsp3) is 0.556. The van der Waals surface area contributed by atoms with Gasteiger partial charge in [0.1, 0.15) is 0 Å². The molecule has 1 aromatic rings. The van der Waals surface area contributed by atoms with E-state index in [1.54, 1.807) is 6.92 Å². The molecule has 4 nitrogen and oxygen atoms in total. The maximum atomic E-state index is 12.7. The third-order valence-electron chi connectivity index (χ3n) is 4.08. The second-order valence-electron chi connectivity index (χ2n) is 5.67. The molecule has 0 heterocycles. The molecule has 1 N–H and O–H groups in total. The molecule has 4 heteroatoms. The number of ketones is 1. The van der Waals surface area contributed by atoms with Crippen LogP contribution in [0.4, 0.5) is 0 Å².